The highest BCUT2D eigenvalue weighted by molar-refractivity contribution is 7.64. The smallest absolute Gasteiger partial charge is 0.264 e. The van der Waals surface area contributed by atoms with Gasteiger partial charge < -0.3 is 0 Å². The lowest BCUT2D eigenvalue weighted by atomic mass is 10.2. The molecule has 1 aromatic rings. The van der Waals surface area contributed by atoms with Crippen LogP contribution in [0.15, 0.2) is 24.5 Å². The standard InChI is InChI=1S/C7H8Cl3NSi/c8-12(9,10)5-3-7-2-1-4-11-6-7/h1-2,4,6H,3,5H2. The van der Waals surface area contributed by atoms with Gasteiger partial charge in [0, 0.05) is 12.4 Å². The number of nitrogens with zero attached hydrogens (tertiary/aromatic N) is 1. The third kappa shape index (κ3) is 4.31. The first-order chi connectivity index (χ1) is 5.58. The summed E-state index contributed by atoms with van der Waals surface area (Å²) in [6.07, 6.45) is 4.33. The van der Waals surface area contributed by atoms with Crippen molar-refractivity contribution in [2.75, 3.05) is 0 Å². The van der Waals surface area contributed by atoms with Crippen LogP contribution in [0, 0.1) is 0 Å². The molecule has 5 heteroatoms. The van der Waals surface area contributed by atoms with E-state index in [0.717, 1.165) is 12.0 Å². The minimum atomic E-state index is -2.45. The van der Waals surface area contributed by atoms with Crippen LogP contribution < -0.4 is 0 Å². The number of pyridine rings is 1. The van der Waals surface area contributed by atoms with Crippen LogP contribution in [0.3, 0.4) is 0 Å². The third-order valence-corrected chi connectivity index (χ3v) is 3.94. The number of hydrogen-bond donors (Lipinski definition) is 0. The molecule has 1 aromatic heterocycles. The highest BCUT2D eigenvalue weighted by Crippen LogP contribution is 2.26. The van der Waals surface area contributed by atoms with E-state index in [0.29, 0.717) is 6.04 Å². The van der Waals surface area contributed by atoms with Crippen molar-refractivity contribution in [3.8, 4) is 0 Å². The lowest BCUT2D eigenvalue weighted by Gasteiger charge is -2.06. The molecule has 0 aliphatic heterocycles. The van der Waals surface area contributed by atoms with Crippen LogP contribution in [0.4, 0.5) is 0 Å². The summed E-state index contributed by atoms with van der Waals surface area (Å²) in [5, 5.41) is 0. The van der Waals surface area contributed by atoms with Gasteiger partial charge >= 0.3 is 6.00 Å². The number of aryl methyl sites for hydroxylation is 1. The van der Waals surface area contributed by atoms with Crippen molar-refractivity contribution in [2.24, 2.45) is 0 Å². The SMILES string of the molecule is Cl[Si](Cl)(Cl)CCc1cccnc1. The molecule has 1 heterocycles. The molecule has 0 radical (unpaired) electrons. The van der Waals surface area contributed by atoms with Gasteiger partial charge in [0.2, 0.25) is 0 Å². The predicted octanol–water partition coefficient (Wildman–Crippen LogP) is 3.28. The third-order valence-electron chi connectivity index (χ3n) is 1.42. The second-order valence-electron chi connectivity index (χ2n) is 2.48. The van der Waals surface area contributed by atoms with Crippen molar-refractivity contribution < 1.29 is 0 Å². The Hall–Kier alpha value is 0.237. The zero-order valence-corrected chi connectivity index (χ0v) is 9.57. The Kier molecular flexibility index (Phi) is 3.84. The Morgan fingerprint density at radius 2 is 2.08 bits per heavy atom. The lowest BCUT2D eigenvalue weighted by molar-refractivity contribution is 1.09. The van der Waals surface area contributed by atoms with E-state index in [4.69, 9.17) is 33.2 Å². The highest BCUT2D eigenvalue weighted by Gasteiger charge is 2.23. The molecule has 0 saturated carbocycles. The minimum Gasteiger partial charge on any atom is -0.264 e. The van der Waals surface area contributed by atoms with E-state index in [1.165, 1.54) is 0 Å². The molecule has 1 nitrogen and oxygen atoms in total. The van der Waals surface area contributed by atoms with Crippen molar-refractivity contribution >= 4 is 39.2 Å². The predicted molar refractivity (Wildman–Crippen MR) is 56.1 cm³/mol. The summed E-state index contributed by atoms with van der Waals surface area (Å²) in [4.78, 5) is 3.97. The van der Waals surface area contributed by atoms with Crippen molar-refractivity contribution in [3.05, 3.63) is 30.1 Å². The van der Waals surface area contributed by atoms with Crippen molar-refractivity contribution in [1.29, 1.82) is 0 Å². The summed E-state index contributed by atoms with van der Waals surface area (Å²) in [6, 6.07) is 2.07. The Morgan fingerprint density at radius 3 is 2.58 bits per heavy atom. The second-order valence-corrected chi connectivity index (χ2v) is 11.8. The number of halogens is 3. The minimum absolute atomic E-state index is 0.656. The van der Waals surface area contributed by atoms with E-state index >= 15 is 0 Å². The topological polar surface area (TPSA) is 12.9 Å². The molecule has 1 rings (SSSR count). The fourth-order valence-electron chi connectivity index (χ4n) is 0.832. The molecule has 12 heavy (non-hydrogen) atoms. The molecule has 0 saturated heterocycles. The van der Waals surface area contributed by atoms with E-state index in [-0.39, 0.29) is 0 Å². The Balaban J connectivity index is 2.44. The zero-order chi connectivity index (χ0) is 9.03. The van der Waals surface area contributed by atoms with Gasteiger partial charge in [0.15, 0.2) is 0 Å². The van der Waals surface area contributed by atoms with Gasteiger partial charge in [-0.15, -0.1) is 33.2 Å². The molecular weight excluding hydrogens is 233 g/mol. The summed E-state index contributed by atoms with van der Waals surface area (Å²) < 4.78 is 0. The maximum atomic E-state index is 5.73. The first-order valence-electron chi connectivity index (χ1n) is 3.53. The first kappa shape index (κ1) is 10.3. The molecule has 0 aliphatic rings. The Labute approximate surface area is 86.8 Å². The van der Waals surface area contributed by atoms with Gasteiger partial charge in [0.1, 0.15) is 0 Å². The van der Waals surface area contributed by atoms with Crippen LogP contribution in [0.2, 0.25) is 6.04 Å². The maximum absolute atomic E-state index is 5.73. The summed E-state index contributed by atoms with van der Waals surface area (Å²) in [7, 11) is 0. The van der Waals surface area contributed by atoms with Gasteiger partial charge in [-0.3, -0.25) is 4.98 Å². The lowest BCUT2D eigenvalue weighted by Crippen LogP contribution is -2.09. The molecule has 66 valence electrons. The summed E-state index contributed by atoms with van der Waals surface area (Å²) in [6.45, 7) is 0. The maximum Gasteiger partial charge on any atom is 0.341 e. The Bertz CT molecular complexity index is 234. The van der Waals surface area contributed by atoms with E-state index in [9.17, 15) is 0 Å². The largest absolute Gasteiger partial charge is 0.341 e. The molecule has 0 bridgehead atoms. The van der Waals surface area contributed by atoms with Gasteiger partial charge in [-0.05, 0) is 24.1 Å². The molecule has 0 unspecified atom stereocenters. The molecule has 0 atom stereocenters. The normalized spacial score (nSPS) is 11.6. The van der Waals surface area contributed by atoms with Gasteiger partial charge in [-0.2, -0.15) is 0 Å². The fourth-order valence-corrected chi connectivity index (χ4v) is 2.25. The fraction of sp³-hybridized carbons (Fsp3) is 0.286. The van der Waals surface area contributed by atoms with Crippen molar-refractivity contribution in [2.45, 2.75) is 12.5 Å². The number of aromatic nitrogens is 1. The highest BCUT2D eigenvalue weighted by atomic mass is 35.8. The summed E-state index contributed by atoms with van der Waals surface area (Å²) in [5.41, 5.74) is 1.12. The van der Waals surface area contributed by atoms with E-state index in [1.807, 2.05) is 12.1 Å². The Morgan fingerprint density at radius 1 is 1.33 bits per heavy atom. The monoisotopic (exact) mass is 239 g/mol. The van der Waals surface area contributed by atoms with Gasteiger partial charge in [-0.25, -0.2) is 0 Å². The van der Waals surface area contributed by atoms with Crippen LogP contribution in [-0.4, -0.2) is 11.0 Å². The van der Waals surface area contributed by atoms with Crippen molar-refractivity contribution in [1.82, 2.24) is 4.98 Å². The van der Waals surface area contributed by atoms with Gasteiger partial charge in [-0.1, -0.05) is 6.07 Å². The van der Waals surface area contributed by atoms with Crippen LogP contribution >= 0.6 is 33.2 Å². The molecule has 0 spiro atoms. The van der Waals surface area contributed by atoms with Crippen molar-refractivity contribution in [3.63, 3.8) is 0 Å². The van der Waals surface area contributed by atoms with Crippen LogP contribution in [-0.2, 0) is 6.42 Å². The molecule has 0 fully saturated rings. The molecule has 0 N–H and O–H groups in total. The molecular formula is C7H8Cl3NSi. The van der Waals surface area contributed by atoms with Crippen LogP contribution in [0.5, 0.6) is 0 Å². The van der Waals surface area contributed by atoms with Gasteiger partial charge in [0.05, 0.1) is 0 Å². The average molecular weight is 241 g/mol. The summed E-state index contributed by atoms with van der Waals surface area (Å²) >= 11 is 17.2. The number of hydrogen-bond acceptors (Lipinski definition) is 1. The van der Waals surface area contributed by atoms with Gasteiger partial charge in [0.25, 0.3) is 0 Å². The molecule has 0 aromatic carbocycles. The number of rotatable bonds is 3. The first-order valence-corrected chi connectivity index (χ1v) is 8.78. The second kappa shape index (κ2) is 4.47. The molecule has 0 amide bonds. The van der Waals surface area contributed by atoms with E-state index in [2.05, 4.69) is 4.98 Å². The quantitative estimate of drug-likeness (QED) is 0.584. The van der Waals surface area contributed by atoms with Crippen LogP contribution in [0.25, 0.3) is 0 Å². The molecule has 0 aliphatic carbocycles. The zero-order valence-electron chi connectivity index (χ0n) is 6.30. The van der Waals surface area contributed by atoms with E-state index in [1.54, 1.807) is 12.4 Å². The average Bonchev–Trinajstić information content (AvgIpc) is 2.02. The summed E-state index contributed by atoms with van der Waals surface area (Å²) in [5.74, 6) is 0. The van der Waals surface area contributed by atoms with Crippen LogP contribution in [0.1, 0.15) is 5.56 Å². The van der Waals surface area contributed by atoms with E-state index < -0.39 is 6.00 Å².